The van der Waals surface area contributed by atoms with Crippen LogP contribution in [0.3, 0.4) is 0 Å². The molecule has 6 nitrogen and oxygen atoms in total. The minimum Gasteiger partial charge on any atom is -0.497 e. The van der Waals surface area contributed by atoms with Crippen LogP contribution >= 0.6 is 0 Å². The third-order valence-corrected chi connectivity index (χ3v) is 5.30. The number of ether oxygens (including phenoxy) is 1. The number of nitrogens with zero attached hydrogens (tertiary/aromatic N) is 1. The minimum absolute atomic E-state index is 0.144. The van der Waals surface area contributed by atoms with E-state index in [1.165, 1.54) is 0 Å². The molecule has 0 atom stereocenters. The zero-order valence-electron chi connectivity index (χ0n) is 17.4. The van der Waals surface area contributed by atoms with E-state index >= 15 is 0 Å². The van der Waals surface area contributed by atoms with Gasteiger partial charge in [-0.15, -0.1) is 0 Å². The summed E-state index contributed by atoms with van der Waals surface area (Å²) in [5.41, 5.74) is 9.83. The average molecular weight is 413 g/mol. The van der Waals surface area contributed by atoms with Gasteiger partial charge in [0.2, 0.25) is 5.78 Å². The number of fused-ring (bicyclic) bond motifs is 1. The highest BCUT2D eigenvalue weighted by Gasteiger charge is 2.26. The van der Waals surface area contributed by atoms with Gasteiger partial charge < -0.3 is 20.2 Å². The third kappa shape index (κ3) is 3.64. The number of amides is 1. The number of rotatable bonds is 6. The number of benzene rings is 2. The number of methoxy groups -OCH3 is 1. The topological polar surface area (TPSA) is 85.8 Å². The molecule has 2 aromatic carbocycles. The second-order valence-corrected chi connectivity index (χ2v) is 7.12. The van der Waals surface area contributed by atoms with E-state index < -0.39 is 0 Å². The first-order chi connectivity index (χ1) is 15.0. The SMILES string of the molecule is CCc1ccccc1NC(=O)c1c(N)c(C(=O)c2cccc(OC)c2)n2ccccc12. The van der Waals surface area contributed by atoms with Crippen molar-refractivity contribution in [1.29, 1.82) is 0 Å². The average Bonchev–Trinajstić information content (AvgIpc) is 3.10. The summed E-state index contributed by atoms with van der Waals surface area (Å²) in [7, 11) is 1.54. The van der Waals surface area contributed by atoms with E-state index in [0.29, 0.717) is 16.8 Å². The monoisotopic (exact) mass is 413 g/mol. The van der Waals surface area contributed by atoms with Gasteiger partial charge >= 0.3 is 0 Å². The molecule has 0 aliphatic heterocycles. The number of para-hydroxylation sites is 1. The van der Waals surface area contributed by atoms with Crippen molar-refractivity contribution < 1.29 is 14.3 Å². The summed E-state index contributed by atoms with van der Waals surface area (Å²) in [6, 6.07) is 19.9. The second kappa shape index (κ2) is 8.36. The molecule has 1 amide bonds. The summed E-state index contributed by atoms with van der Waals surface area (Å²) < 4.78 is 6.90. The maximum Gasteiger partial charge on any atom is 0.259 e. The summed E-state index contributed by atoms with van der Waals surface area (Å²) in [5.74, 6) is -0.0724. The van der Waals surface area contributed by atoms with Crippen LogP contribution in [0.2, 0.25) is 0 Å². The quantitative estimate of drug-likeness (QED) is 0.453. The molecule has 0 aliphatic rings. The van der Waals surface area contributed by atoms with Gasteiger partial charge in [0.1, 0.15) is 11.4 Å². The molecule has 0 spiro atoms. The van der Waals surface area contributed by atoms with Crippen LogP contribution < -0.4 is 15.8 Å². The standard InChI is InChI=1S/C25H23N3O3/c1-3-16-9-4-5-12-19(16)27-25(30)21-20-13-6-7-14-28(20)23(22(21)26)24(29)17-10-8-11-18(15-17)31-2/h4-15H,3,26H2,1-2H3,(H,27,30). The lowest BCUT2D eigenvalue weighted by atomic mass is 10.1. The molecule has 2 aromatic heterocycles. The number of aryl methyl sites for hydroxylation is 1. The van der Waals surface area contributed by atoms with Gasteiger partial charge in [0.05, 0.1) is 23.9 Å². The Kier molecular flexibility index (Phi) is 5.45. The van der Waals surface area contributed by atoms with Crippen molar-refractivity contribution in [2.75, 3.05) is 18.2 Å². The van der Waals surface area contributed by atoms with Crippen LogP contribution in [0.1, 0.15) is 38.9 Å². The number of anilines is 2. The van der Waals surface area contributed by atoms with Gasteiger partial charge in [0.25, 0.3) is 5.91 Å². The summed E-state index contributed by atoms with van der Waals surface area (Å²) in [5, 5.41) is 2.96. The summed E-state index contributed by atoms with van der Waals surface area (Å²) in [6.07, 6.45) is 2.51. The smallest absolute Gasteiger partial charge is 0.259 e. The molecule has 0 aliphatic carbocycles. The molecule has 6 heteroatoms. The first-order valence-corrected chi connectivity index (χ1v) is 10.0. The Balaban J connectivity index is 1.82. The lowest BCUT2D eigenvalue weighted by Gasteiger charge is -2.10. The van der Waals surface area contributed by atoms with Crippen LogP contribution in [0.15, 0.2) is 72.9 Å². The Morgan fingerprint density at radius 3 is 2.58 bits per heavy atom. The zero-order chi connectivity index (χ0) is 22.0. The Morgan fingerprint density at radius 2 is 1.81 bits per heavy atom. The first-order valence-electron chi connectivity index (χ1n) is 10.0. The molecular weight excluding hydrogens is 390 g/mol. The van der Waals surface area contributed by atoms with Crippen LogP contribution in [0.4, 0.5) is 11.4 Å². The number of hydrogen-bond acceptors (Lipinski definition) is 4. The Bertz CT molecular complexity index is 1290. The Morgan fingerprint density at radius 1 is 1.03 bits per heavy atom. The van der Waals surface area contributed by atoms with Crippen LogP contribution in [0, 0.1) is 0 Å². The van der Waals surface area contributed by atoms with Crippen molar-refractivity contribution in [2.45, 2.75) is 13.3 Å². The molecule has 0 unspecified atom stereocenters. The number of nitrogen functional groups attached to an aromatic ring is 1. The second-order valence-electron chi connectivity index (χ2n) is 7.12. The van der Waals surface area contributed by atoms with E-state index in [2.05, 4.69) is 5.32 Å². The third-order valence-electron chi connectivity index (χ3n) is 5.30. The molecule has 31 heavy (non-hydrogen) atoms. The van der Waals surface area contributed by atoms with Gasteiger partial charge in [-0.05, 0) is 42.3 Å². The lowest BCUT2D eigenvalue weighted by Crippen LogP contribution is -2.15. The lowest BCUT2D eigenvalue weighted by molar-refractivity contribution is 0.102. The fourth-order valence-electron chi connectivity index (χ4n) is 3.73. The summed E-state index contributed by atoms with van der Waals surface area (Å²) >= 11 is 0. The van der Waals surface area contributed by atoms with Gasteiger partial charge in [-0.3, -0.25) is 9.59 Å². The zero-order valence-corrected chi connectivity index (χ0v) is 17.4. The maximum atomic E-state index is 13.4. The molecule has 0 saturated heterocycles. The van der Waals surface area contributed by atoms with Gasteiger partial charge in [0.15, 0.2) is 0 Å². The molecule has 4 rings (SSSR count). The highest BCUT2D eigenvalue weighted by molar-refractivity contribution is 6.20. The number of ketones is 1. The van der Waals surface area contributed by atoms with Crippen LogP contribution in [0.5, 0.6) is 5.75 Å². The number of nitrogens with two attached hydrogens (primary N) is 1. The van der Waals surface area contributed by atoms with Crippen molar-refractivity contribution in [3.63, 3.8) is 0 Å². The molecule has 3 N–H and O–H groups in total. The van der Waals surface area contributed by atoms with Gasteiger partial charge in [0, 0.05) is 17.4 Å². The van der Waals surface area contributed by atoms with Gasteiger partial charge in [-0.2, -0.15) is 0 Å². The van der Waals surface area contributed by atoms with Crippen LogP contribution in [-0.2, 0) is 6.42 Å². The maximum absolute atomic E-state index is 13.4. The largest absolute Gasteiger partial charge is 0.497 e. The number of aromatic nitrogens is 1. The Labute approximate surface area is 180 Å². The highest BCUT2D eigenvalue weighted by atomic mass is 16.5. The van der Waals surface area contributed by atoms with Crippen LogP contribution in [0.25, 0.3) is 5.52 Å². The van der Waals surface area contributed by atoms with E-state index in [9.17, 15) is 9.59 Å². The number of carbonyl (C=O) groups excluding carboxylic acids is 2. The number of pyridine rings is 1. The molecule has 156 valence electrons. The van der Waals surface area contributed by atoms with E-state index in [4.69, 9.17) is 10.5 Å². The minimum atomic E-state index is -0.355. The predicted molar refractivity (Wildman–Crippen MR) is 122 cm³/mol. The number of nitrogens with one attached hydrogen (secondary N) is 1. The van der Waals surface area contributed by atoms with Crippen molar-refractivity contribution in [1.82, 2.24) is 4.40 Å². The summed E-state index contributed by atoms with van der Waals surface area (Å²) in [4.78, 5) is 26.6. The molecule has 4 aromatic rings. The van der Waals surface area contributed by atoms with Crippen molar-refractivity contribution >= 4 is 28.6 Å². The van der Waals surface area contributed by atoms with Gasteiger partial charge in [-0.25, -0.2) is 0 Å². The fraction of sp³-hybridized carbons (Fsp3) is 0.120. The van der Waals surface area contributed by atoms with Crippen molar-refractivity contribution in [2.24, 2.45) is 0 Å². The molecule has 0 saturated carbocycles. The summed E-state index contributed by atoms with van der Waals surface area (Å²) in [6.45, 7) is 2.03. The molecule has 0 fully saturated rings. The number of carbonyl (C=O) groups is 2. The first kappa shape index (κ1) is 20.2. The molecule has 0 bridgehead atoms. The van der Waals surface area contributed by atoms with Gasteiger partial charge in [-0.1, -0.05) is 43.3 Å². The molecule has 0 radical (unpaired) electrons. The van der Waals surface area contributed by atoms with Crippen LogP contribution in [-0.4, -0.2) is 23.2 Å². The van der Waals surface area contributed by atoms with E-state index in [1.807, 2.05) is 37.3 Å². The van der Waals surface area contributed by atoms with E-state index in [0.717, 1.165) is 17.7 Å². The van der Waals surface area contributed by atoms with Crippen molar-refractivity contribution in [3.8, 4) is 5.75 Å². The predicted octanol–water partition coefficient (Wildman–Crippen LogP) is 4.58. The normalized spacial score (nSPS) is 10.8. The molecular formula is C25H23N3O3. The van der Waals surface area contributed by atoms with E-state index in [-0.39, 0.29) is 28.6 Å². The van der Waals surface area contributed by atoms with E-state index in [1.54, 1.807) is 54.1 Å². The highest BCUT2D eigenvalue weighted by Crippen LogP contribution is 2.30. The Hall–Kier alpha value is -4.06. The number of hydrogen-bond donors (Lipinski definition) is 2. The van der Waals surface area contributed by atoms with Crippen molar-refractivity contribution in [3.05, 3.63) is 95.3 Å². The fourth-order valence-corrected chi connectivity index (χ4v) is 3.73. The molecule has 2 heterocycles.